The average Bonchev–Trinajstić information content (AvgIpc) is 2.62. The predicted octanol–water partition coefficient (Wildman–Crippen LogP) is 2.60. The Morgan fingerprint density at radius 1 is 1.04 bits per heavy atom. The van der Waals surface area contributed by atoms with Crippen molar-refractivity contribution in [1.29, 1.82) is 0 Å². The van der Waals surface area contributed by atoms with E-state index in [1.165, 1.54) is 12.7 Å². The third-order valence-corrected chi connectivity index (χ3v) is 3.50. The molecule has 1 unspecified atom stereocenters. The second kappa shape index (κ2) is 8.72. The molecule has 0 aliphatic rings. The van der Waals surface area contributed by atoms with Gasteiger partial charge in [0.15, 0.2) is 6.10 Å². The maximum atomic E-state index is 12.1. The fourth-order valence-electron chi connectivity index (χ4n) is 2.17. The van der Waals surface area contributed by atoms with Gasteiger partial charge in [-0.25, -0.2) is 4.79 Å². The molecule has 1 amide bonds. The number of hydrogen-bond donors (Lipinski definition) is 1. The van der Waals surface area contributed by atoms with Gasteiger partial charge >= 0.3 is 5.97 Å². The van der Waals surface area contributed by atoms with E-state index >= 15 is 0 Å². The summed E-state index contributed by atoms with van der Waals surface area (Å²) in [5, 5.41) is 2.88. The van der Waals surface area contributed by atoms with Gasteiger partial charge in [0.25, 0.3) is 5.91 Å². The van der Waals surface area contributed by atoms with Crippen LogP contribution in [0, 0.1) is 0 Å². The van der Waals surface area contributed by atoms with Crippen molar-refractivity contribution in [1.82, 2.24) is 5.32 Å². The first kappa shape index (κ1) is 17.5. The van der Waals surface area contributed by atoms with Crippen LogP contribution >= 0.6 is 0 Å². The van der Waals surface area contributed by atoms with Crippen LogP contribution in [0.15, 0.2) is 54.6 Å². The quantitative estimate of drug-likeness (QED) is 0.794. The van der Waals surface area contributed by atoms with Crippen LogP contribution < -0.4 is 10.1 Å². The van der Waals surface area contributed by atoms with Gasteiger partial charge in [-0.3, -0.25) is 4.79 Å². The number of hydrogen-bond acceptors (Lipinski definition) is 4. The summed E-state index contributed by atoms with van der Waals surface area (Å²) in [6.45, 7) is 2.18. The van der Waals surface area contributed by atoms with E-state index in [1.807, 2.05) is 30.3 Å². The number of esters is 1. The molecule has 0 fully saturated rings. The Balaban J connectivity index is 1.83. The molecule has 5 nitrogen and oxygen atoms in total. The van der Waals surface area contributed by atoms with Crippen molar-refractivity contribution in [2.75, 3.05) is 13.7 Å². The molecule has 0 bridgehead atoms. The van der Waals surface area contributed by atoms with Crippen molar-refractivity contribution in [3.8, 4) is 5.75 Å². The molecule has 0 aliphatic heterocycles. The molecule has 0 spiro atoms. The molecule has 0 aromatic heterocycles. The van der Waals surface area contributed by atoms with Gasteiger partial charge in [-0.15, -0.1) is 0 Å². The van der Waals surface area contributed by atoms with Crippen LogP contribution in [0.4, 0.5) is 0 Å². The van der Waals surface area contributed by atoms with Crippen LogP contribution in [-0.4, -0.2) is 31.6 Å². The summed E-state index contributed by atoms with van der Waals surface area (Å²) in [4.78, 5) is 23.4. The summed E-state index contributed by atoms with van der Waals surface area (Å²) < 4.78 is 10.0. The summed E-state index contributed by atoms with van der Waals surface area (Å²) >= 11 is 0. The Bertz CT molecular complexity index is 668. The van der Waals surface area contributed by atoms with E-state index in [2.05, 4.69) is 10.1 Å². The van der Waals surface area contributed by atoms with Gasteiger partial charge in [0.05, 0.1) is 7.11 Å². The molecule has 5 heteroatoms. The van der Waals surface area contributed by atoms with Crippen LogP contribution in [-0.2, 0) is 16.0 Å². The number of rotatable bonds is 7. The molecule has 0 aliphatic carbocycles. The molecule has 2 aromatic rings. The smallest absolute Gasteiger partial charge is 0.346 e. The lowest BCUT2D eigenvalue weighted by Crippen LogP contribution is -2.26. The highest BCUT2D eigenvalue weighted by atomic mass is 16.6. The lowest BCUT2D eigenvalue weighted by atomic mass is 10.1. The van der Waals surface area contributed by atoms with Gasteiger partial charge in [-0.1, -0.05) is 30.3 Å². The van der Waals surface area contributed by atoms with Crippen LogP contribution in [0.5, 0.6) is 5.75 Å². The van der Waals surface area contributed by atoms with Gasteiger partial charge in [0.1, 0.15) is 5.75 Å². The highest BCUT2D eigenvalue weighted by Crippen LogP contribution is 2.14. The minimum Gasteiger partial charge on any atom is -0.479 e. The number of ether oxygens (including phenoxy) is 2. The minimum absolute atomic E-state index is 0.140. The standard InChI is InChI=1S/C19H21NO4/c1-14(19(22)23-2)24-17-10-8-16(9-11-17)18(21)20-13-12-15-6-4-3-5-7-15/h3-11,14H,12-13H2,1-2H3,(H,20,21). The van der Waals surface area contributed by atoms with Gasteiger partial charge in [-0.05, 0) is 43.2 Å². The number of benzene rings is 2. The third-order valence-electron chi connectivity index (χ3n) is 3.50. The Morgan fingerprint density at radius 3 is 2.33 bits per heavy atom. The molecule has 0 radical (unpaired) electrons. The van der Waals surface area contributed by atoms with Crippen LogP contribution in [0.3, 0.4) is 0 Å². The Kier molecular flexibility index (Phi) is 6.37. The fourth-order valence-corrected chi connectivity index (χ4v) is 2.17. The Morgan fingerprint density at radius 2 is 1.71 bits per heavy atom. The largest absolute Gasteiger partial charge is 0.479 e. The van der Waals surface area contributed by atoms with Gasteiger partial charge in [0.2, 0.25) is 0 Å². The van der Waals surface area contributed by atoms with E-state index in [9.17, 15) is 9.59 Å². The lowest BCUT2D eigenvalue weighted by molar-refractivity contribution is -0.147. The van der Waals surface area contributed by atoms with Gasteiger partial charge < -0.3 is 14.8 Å². The highest BCUT2D eigenvalue weighted by molar-refractivity contribution is 5.94. The maximum Gasteiger partial charge on any atom is 0.346 e. The van der Waals surface area contributed by atoms with Crippen molar-refractivity contribution in [2.24, 2.45) is 0 Å². The number of amides is 1. The topological polar surface area (TPSA) is 64.6 Å². The van der Waals surface area contributed by atoms with E-state index in [1.54, 1.807) is 31.2 Å². The number of carbonyl (C=O) groups is 2. The SMILES string of the molecule is COC(=O)C(C)Oc1ccc(C(=O)NCCc2ccccc2)cc1. The van der Waals surface area contributed by atoms with Crippen LogP contribution in [0.25, 0.3) is 0 Å². The molecule has 1 atom stereocenters. The first-order valence-corrected chi connectivity index (χ1v) is 7.77. The Hall–Kier alpha value is -2.82. The lowest BCUT2D eigenvalue weighted by Gasteiger charge is -2.12. The molecule has 0 saturated carbocycles. The zero-order chi connectivity index (χ0) is 17.4. The van der Waals surface area contributed by atoms with E-state index < -0.39 is 12.1 Å². The number of carbonyl (C=O) groups excluding carboxylic acids is 2. The van der Waals surface area contributed by atoms with E-state index in [0.29, 0.717) is 17.9 Å². The van der Waals surface area contributed by atoms with E-state index in [-0.39, 0.29) is 5.91 Å². The second-order valence-corrected chi connectivity index (χ2v) is 5.30. The summed E-state index contributed by atoms with van der Waals surface area (Å²) in [5.41, 5.74) is 1.72. The molecular formula is C19H21NO4. The van der Waals surface area contributed by atoms with Crippen molar-refractivity contribution >= 4 is 11.9 Å². The molecule has 24 heavy (non-hydrogen) atoms. The van der Waals surface area contributed by atoms with E-state index in [4.69, 9.17) is 4.74 Å². The van der Waals surface area contributed by atoms with Crippen LogP contribution in [0.2, 0.25) is 0 Å². The molecule has 0 saturated heterocycles. The second-order valence-electron chi connectivity index (χ2n) is 5.30. The number of nitrogens with one attached hydrogen (secondary N) is 1. The molecule has 2 rings (SSSR count). The monoisotopic (exact) mass is 327 g/mol. The van der Waals surface area contributed by atoms with Crippen LogP contribution in [0.1, 0.15) is 22.8 Å². The summed E-state index contributed by atoms with van der Waals surface area (Å²) in [7, 11) is 1.31. The predicted molar refractivity (Wildman–Crippen MR) is 91.0 cm³/mol. The zero-order valence-corrected chi connectivity index (χ0v) is 13.8. The molecule has 126 valence electrons. The maximum absolute atomic E-state index is 12.1. The fraction of sp³-hybridized carbons (Fsp3) is 0.263. The molecule has 2 aromatic carbocycles. The summed E-state index contributed by atoms with van der Waals surface area (Å²) in [5.74, 6) is -0.0787. The summed E-state index contributed by atoms with van der Waals surface area (Å²) in [6, 6.07) is 16.6. The highest BCUT2D eigenvalue weighted by Gasteiger charge is 2.14. The molecule has 0 heterocycles. The first-order valence-electron chi connectivity index (χ1n) is 7.77. The zero-order valence-electron chi connectivity index (χ0n) is 13.8. The summed E-state index contributed by atoms with van der Waals surface area (Å²) in [6.07, 6.45) is 0.0882. The van der Waals surface area contributed by atoms with Gasteiger partial charge in [-0.2, -0.15) is 0 Å². The van der Waals surface area contributed by atoms with Crippen molar-refractivity contribution in [3.05, 3.63) is 65.7 Å². The first-order chi connectivity index (χ1) is 11.6. The molecule has 1 N–H and O–H groups in total. The molecular weight excluding hydrogens is 306 g/mol. The third kappa shape index (κ3) is 5.12. The van der Waals surface area contributed by atoms with Crippen molar-refractivity contribution in [3.63, 3.8) is 0 Å². The average molecular weight is 327 g/mol. The number of methoxy groups -OCH3 is 1. The van der Waals surface area contributed by atoms with Crippen molar-refractivity contribution < 1.29 is 19.1 Å². The Labute approximate surface area is 141 Å². The normalized spacial score (nSPS) is 11.4. The van der Waals surface area contributed by atoms with Gasteiger partial charge in [0, 0.05) is 12.1 Å². The van der Waals surface area contributed by atoms with Crippen molar-refractivity contribution in [2.45, 2.75) is 19.4 Å². The minimum atomic E-state index is -0.694. The van der Waals surface area contributed by atoms with E-state index in [0.717, 1.165) is 6.42 Å².